The lowest BCUT2D eigenvalue weighted by atomic mass is 10.2. The molecule has 1 aromatic carbocycles. The second-order valence-corrected chi connectivity index (χ2v) is 7.24. The van der Waals surface area contributed by atoms with E-state index in [2.05, 4.69) is 15.1 Å². The lowest BCUT2D eigenvalue weighted by Crippen LogP contribution is -2.50. The van der Waals surface area contributed by atoms with Gasteiger partial charge >= 0.3 is 0 Å². The van der Waals surface area contributed by atoms with Gasteiger partial charge in [-0.15, -0.1) is 10.2 Å². The van der Waals surface area contributed by atoms with Crippen LogP contribution in [0.25, 0.3) is 0 Å². The maximum Gasteiger partial charge on any atom is 0.260 e. The normalized spacial score (nSPS) is 14.8. The minimum Gasteiger partial charge on any atom is -0.484 e. The van der Waals surface area contributed by atoms with Crippen LogP contribution in [0.3, 0.4) is 0 Å². The van der Waals surface area contributed by atoms with E-state index in [1.165, 1.54) is 0 Å². The molecule has 0 saturated carbocycles. The second kappa shape index (κ2) is 7.36. The fourth-order valence-electron chi connectivity index (χ4n) is 2.50. The van der Waals surface area contributed by atoms with Gasteiger partial charge in [0, 0.05) is 31.2 Å². The van der Waals surface area contributed by atoms with E-state index >= 15 is 0 Å². The molecule has 0 unspecified atom stereocenters. The van der Waals surface area contributed by atoms with Crippen LogP contribution >= 0.6 is 22.9 Å². The van der Waals surface area contributed by atoms with Crippen molar-refractivity contribution in [1.29, 1.82) is 0 Å². The molecule has 0 spiro atoms. The summed E-state index contributed by atoms with van der Waals surface area (Å²) in [5.41, 5.74) is 0.933. The van der Waals surface area contributed by atoms with E-state index in [1.807, 2.05) is 24.8 Å². The molecule has 0 N–H and O–H groups in total. The van der Waals surface area contributed by atoms with Crippen molar-refractivity contribution in [2.24, 2.45) is 0 Å². The predicted octanol–water partition coefficient (Wildman–Crippen LogP) is 2.54. The molecule has 1 aromatic heterocycles. The van der Waals surface area contributed by atoms with Crippen LogP contribution < -0.4 is 9.64 Å². The molecule has 1 amide bonds. The lowest BCUT2D eigenvalue weighted by Gasteiger charge is -2.34. The van der Waals surface area contributed by atoms with E-state index in [1.54, 1.807) is 23.5 Å². The molecule has 0 aliphatic carbocycles. The highest BCUT2D eigenvalue weighted by Crippen LogP contribution is 2.22. The summed E-state index contributed by atoms with van der Waals surface area (Å²) < 4.78 is 5.59. The Hall–Kier alpha value is -1.86. The number of amides is 1. The fraction of sp³-hybridized carbons (Fsp3) is 0.438. The average Bonchev–Trinajstić information content (AvgIpc) is 3.02. The monoisotopic (exact) mass is 366 g/mol. The van der Waals surface area contributed by atoms with Gasteiger partial charge in [0.1, 0.15) is 10.8 Å². The molecule has 2 aromatic rings. The number of anilines is 1. The highest BCUT2D eigenvalue weighted by molar-refractivity contribution is 7.15. The molecule has 1 aliphatic heterocycles. The standard InChI is InChI=1S/C16H19ClN4O2S/c1-11-9-13(3-4-14(11)17)23-10-15(22)20-5-7-21(8-6-20)16-19-18-12(2)24-16/h3-4,9H,5-8,10H2,1-2H3. The molecule has 1 aliphatic rings. The number of aromatic nitrogens is 2. The minimum absolute atomic E-state index is 0.00398. The maximum atomic E-state index is 12.3. The third kappa shape index (κ3) is 3.96. The van der Waals surface area contributed by atoms with Gasteiger partial charge in [-0.2, -0.15) is 0 Å². The van der Waals surface area contributed by atoms with Crippen LogP contribution in [0.2, 0.25) is 5.02 Å². The number of rotatable bonds is 4. The summed E-state index contributed by atoms with van der Waals surface area (Å²) in [6.45, 7) is 6.75. The van der Waals surface area contributed by atoms with Crippen LogP contribution in [0.5, 0.6) is 5.75 Å². The van der Waals surface area contributed by atoms with E-state index in [4.69, 9.17) is 16.3 Å². The van der Waals surface area contributed by atoms with Gasteiger partial charge in [-0.3, -0.25) is 4.79 Å². The predicted molar refractivity (Wildman–Crippen MR) is 95.1 cm³/mol. The SMILES string of the molecule is Cc1nnc(N2CCN(C(=O)COc3ccc(Cl)c(C)c3)CC2)s1. The molecule has 24 heavy (non-hydrogen) atoms. The molecule has 2 heterocycles. The van der Waals surface area contributed by atoms with E-state index in [-0.39, 0.29) is 12.5 Å². The smallest absolute Gasteiger partial charge is 0.260 e. The van der Waals surface area contributed by atoms with Crippen LogP contribution in [0.1, 0.15) is 10.6 Å². The van der Waals surface area contributed by atoms with Crippen molar-refractivity contribution in [3.05, 3.63) is 33.8 Å². The molecule has 1 fully saturated rings. The van der Waals surface area contributed by atoms with Crippen molar-refractivity contribution in [2.75, 3.05) is 37.7 Å². The molecule has 128 valence electrons. The fourth-order valence-corrected chi connectivity index (χ4v) is 3.36. The molecular formula is C16H19ClN4O2S. The number of carbonyl (C=O) groups excluding carboxylic acids is 1. The van der Waals surface area contributed by atoms with Gasteiger partial charge in [-0.1, -0.05) is 22.9 Å². The summed E-state index contributed by atoms with van der Waals surface area (Å²) in [7, 11) is 0. The first-order valence-electron chi connectivity index (χ1n) is 7.75. The van der Waals surface area contributed by atoms with Crippen molar-refractivity contribution in [3.63, 3.8) is 0 Å². The van der Waals surface area contributed by atoms with Gasteiger partial charge in [-0.25, -0.2) is 0 Å². The number of hydrogen-bond donors (Lipinski definition) is 0. The first-order valence-corrected chi connectivity index (χ1v) is 8.94. The highest BCUT2D eigenvalue weighted by Gasteiger charge is 2.23. The van der Waals surface area contributed by atoms with Crippen molar-refractivity contribution < 1.29 is 9.53 Å². The Labute approximate surface area is 150 Å². The quantitative estimate of drug-likeness (QED) is 0.832. The van der Waals surface area contributed by atoms with Crippen molar-refractivity contribution in [2.45, 2.75) is 13.8 Å². The summed E-state index contributed by atoms with van der Waals surface area (Å²) >= 11 is 7.57. The topological polar surface area (TPSA) is 58.6 Å². The average molecular weight is 367 g/mol. The first-order chi connectivity index (χ1) is 11.5. The summed E-state index contributed by atoms with van der Waals surface area (Å²) in [5, 5.41) is 10.8. The Morgan fingerprint density at radius 1 is 1.25 bits per heavy atom. The second-order valence-electron chi connectivity index (χ2n) is 5.67. The third-order valence-electron chi connectivity index (χ3n) is 3.91. The van der Waals surface area contributed by atoms with Gasteiger partial charge in [0.05, 0.1) is 0 Å². The Kier molecular flexibility index (Phi) is 5.20. The Bertz CT molecular complexity index is 729. The zero-order chi connectivity index (χ0) is 17.1. The number of carbonyl (C=O) groups is 1. The number of halogens is 1. The van der Waals surface area contributed by atoms with Crippen molar-refractivity contribution in [1.82, 2.24) is 15.1 Å². The molecular weight excluding hydrogens is 348 g/mol. The van der Waals surface area contributed by atoms with Crippen LogP contribution in [-0.2, 0) is 4.79 Å². The van der Waals surface area contributed by atoms with E-state index < -0.39 is 0 Å². The molecule has 6 nitrogen and oxygen atoms in total. The number of piperazine rings is 1. The number of ether oxygens (including phenoxy) is 1. The van der Waals surface area contributed by atoms with E-state index in [0.717, 1.165) is 28.8 Å². The Balaban J connectivity index is 1.49. The van der Waals surface area contributed by atoms with Gasteiger partial charge in [0.15, 0.2) is 6.61 Å². The van der Waals surface area contributed by atoms with Gasteiger partial charge in [0.25, 0.3) is 5.91 Å². The number of benzene rings is 1. The lowest BCUT2D eigenvalue weighted by molar-refractivity contribution is -0.133. The summed E-state index contributed by atoms with van der Waals surface area (Å²) in [4.78, 5) is 16.3. The van der Waals surface area contributed by atoms with Crippen molar-refractivity contribution >= 4 is 34.0 Å². The third-order valence-corrected chi connectivity index (χ3v) is 5.23. The highest BCUT2D eigenvalue weighted by atomic mass is 35.5. The molecule has 1 saturated heterocycles. The maximum absolute atomic E-state index is 12.3. The molecule has 3 rings (SSSR count). The first kappa shape index (κ1) is 17.0. The molecule has 0 atom stereocenters. The molecule has 0 bridgehead atoms. The van der Waals surface area contributed by atoms with Crippen LogP contribution in [0.4, 0.5) is 5.13 Å². The number of hydrogen-bond acceptors (Lipinski definition) is 6. The number of aryl methyl sites for hydroxylation is 2. The zero-order valence-corrected chi connectivity index (χ0v) is 15.2. The van der Waals surface area contributed by atoms with Crippen LogP contribution in [0.15, 0.2) is 18.2 Å². The van der Waals surface area contributed by atoms with Crippen LogP contribution in [0, 0.1) is 13.8 Å². The largest absolute Gasteiger partial charge is 0.484 e. The van der Waals surface area contributed by atoms with Crippen LogP contribution in [-0.4, -0.2) is 53.8 Å². The molecule has 0 radical (unpaired) electrons. The van der Waals surface area contributed by atoms with Gasteiger partial charge in [0.2, 0.25) is 5.13 Å². The van der Waals surface area contributed by atoms with E-state index in [0.29, 0.717) is 23.9 Å². The van der Waals surface area contributed by atoms with Gasteiger partial charge in [-0.05, 0) is 37.6 Å². The Morgan fingerprint density at radius 2 is 2.00 bits per heavy atom. The van der Waals surface area contributed by atoms with Gasteiger partial charge < -0.3 is 14.5 Å². The molecule has 8 heteroatoms. The summed E-state index contributed by atoms with van der Waals surface area (Å²) in [6.07, 6.45) is 0. The minimum atomic E-state index is -0.00398. The summed E-state index contributed by atoms with van der Waals surface area (Å²) in [5.74, 6) is 0.656. The Morgan fingerprint density at radius 3 is 2.62 bits per heavy atom. The van der Waals surface area contributed by atoms with E-state index in [9.17, 15) is 4.79 Å². The summed E-state index contributed by atoms with van der Waals surface area (Å²) in [6, 6.07) is 5.39. The van der Waals surface area contributed by atoms with Crippen molar-refractivity contribution in [3.8, 4) is 5.75 Å². The zero-order valence-electron chi connectivity index (χ0n) is 13.7. The number of nitrogens with zero attached hydrogens (tertiary/aromatic N) is 4.